The maximum atomic E-state index is 13.3. The van der Waals surface area contributed by atoms with E-state index in [1.54, 1.807) is 48.5 Å². The van der Waals surface area contributed by atoms with E-state index in [0.717, 1.165) is 11.1 Å². The number of aliphatic hydroxyl groups excluding tert-OH is 4. The standard InChI is InChI=1S/C54H54N4O15/c1-2-28-19-32(21-33(60)20-28)52(16-6-7-17-52)73-47-40(23-39-43(46(47)63)37(61)22-38(70-39)30-10-12-34(13-11-30)69-41(26-59)45(62)35-14-15-42(55)58-35)71-51-53(67)24-31(18-29-8-4-3-5-9-29)44(36-25-56-27-57-36)54(68,50(53)66)48(72-51)49(64)65/h3-5,8-15,19-24,27,38,41,44-45,48,50-51,55,59-63,66-68H,2,6-7,16-18,25-26H2,1H3,(H,64,65). The van der Waals surface area contributed by atoms with Crippen molar-refractivity contribution in [1.29, 1.82) is 5.41 Å². The molecule has 10 N–H and O–H groups in total. The number of hydrogen-bond donors (Lipinski definition) is 10. The Morgan fingerprint density at radius 3 is 2.38 bits per heavy atom. The summed E-state index contributed by atoms with van der Waals surface area (Å²) < 4.78 is 31.9. The highest BCUT2D eigenvalue weighted by Gasteiger charge is 2.71. The minimum Gasteiger partial charge on any atom is -0.508 e. The zero-order valence-electron chi connectivity index (χ0n) is 39.4. The topological polar surface area (TPSA) is 306 Å². The average Bonchev–Trinajstić information content (AvgIpc) is 4.19. The van der Waals surface area contributed by atoms with Crippen LogP contribution in [0.4, 0.5) is 0 Å². The number of phenols is 2. The number of aliphatic carboxylic acids is 1. The fraction of sp³-hybridized carbons (Fsp3) is 0.352. The van der Waals surface area contributed by atoms with Gasteiger partial charge in [0.05, 0.1) is 30.5 Å². The minimum atomic E-state index is -2.73. The van der Waals surface area contributed by atoms with Crippen molar-refractivity contribution in [2.24, 2.45) is 20.9 Å². The van der Waals surface area contributed by atoms with Gasteiger partial charge in [-0.15, -0.1) is 0 Å². The first-order chi connectivity index (χ1) is 35.0. The molecule has 2 bridgehead atoms. The second-order valence-corrected chi connectivity index (χ2v) is 19.0. The number of hydrogen-bond acceptors (Lipinski definition) is 17. The molecule has 0 aromatic heterocycles. The largest absolute Gasteiger partial charge is 0.508 e. The normalized spacial score (nSPS) is 27.5. The van der Waals surface area contributed by atoms with Gasteiger partial charge in [-0.25, -0.2) is 14.8 Å². The summed E-state index contributed by atoms with van der Waals surface area (Å²) >= 11 is 0. The van der Waals surface area contributed by atoms with Crippen LogP contribution in [0.3, 0.4) is 0 Å². The molecule has 73 heavy (non-hydrogen) atoms. The third-order valence-corrected chi connectivity index (χ3v) is 14.4. The van der Waals surface area contributed by atoms with Crippen LogP contribution in [0.15, 0.2) is 124 Å². The molecule has 1 saturated heterocycles. The molecule has 19 heteroatoms. The molecular formula is C54H54N4O15. The summed E-state index contributed by atoms with van der Waals surface area (Å²) in [4.78, 5) is 25.8. The first-order valence-electron chi connectivity index (χ1n) is 23.9. The molecule has 4 heterocycles. The lowest BCUT2D eigenvalue weighted by Gasteiger charge is -2.57. The predicted octanol–water partition coefficient (Wildman–Crippen LogP) is 4.92. The quantitative estimate of drug-likeness (QED) is 0.0666. The molecule has 0 amide bonds. The zero-order chi connectivity index (χ0) is 51.4. The van der Waals surface area contributed by atoms with Crippen LogP contribution in [0.2, 0.25) is 0 Å². The van der Waals surface area contributed by atoms with Gasteiger partial charge in [0.25, 0.3) is 0 Å². The summed E-state index contributed by atoms with van der Waals surface area (Å²) in [5.74, 6) is -4.83. The second-order valence-electron chi connectivity index (χ2n) is 19.0. The number of aromatic hydroxyl groups is 2. The van der Waals surface area contributed by atoms with Gasteiger partial charge in [-0.2, -0.15) is 0 Å². The molecule has 4 aromatic carbocycles. The number of aliphatic imine (C=N–C) groups is 3. The highest BCUT2D eigenvalue weighted by Crippen LogP contribution is 2.57. The molecule has 19 nitrogen and oxygen atoms in total. The lowest BCUT2D eigenvalue weighted by atomic mass is 9.60. The molecular weight excluding hydrogens is 945 g/mol. The summed E-state index contributed by atoms with van der Waals surface area (Å²) in [5, 5.41) is 112. The van der Waals surface area contributed by atoms with Crippen molar-refractivity contribution in [1.82, 2.24) is 0 Å². The monoisotopic (exact) mass is 998 g/mol. The van der Waals surface area contributed by atoms with Gasteiger partial charge in [0, 0.05) is 12.1 Å². The van der Waals surface area contributed by atoms with E-state index in [9.17, 15) is 50.8 Å². The Morgan fingerprint density at radius 1 is 0.973 bits per heavy atom. The molecule has 0 radical (unpaired) electrons. The number of fused-ring (bicyclic) bond motifs is 3. The Labute approximate surface area is 418 Å². The van der Waals surface area contributed by atoms with Crippen molar-refractivity contribution < 1.29 is 74.4 Å². The van der Waals surface area contributed by atoms with Gasteiger partial charge in [0.2, 0.25) is 12.0 Å². The second kappa shape index (κ2) is 19.2. The van der Waals surface area contributed by atoms with Gasteiger partial charge in [-0.1, -0.05) is 61.0 Å². The molecule has 1 saturated carbocycles. The maximum absolute atomic E-state index is 13.3. The SMILES string of the molecule is CCc1cc(O)cc(C2(Oc3c(OC4OC(C(=O)O)C5(O)C(C6=NC=NC6)C(Cc6ccccc6)=CC4(O)C5O)cc4c(c3O)C(O)=CC(c3ccc(OC(CO)C(O)C5=NC(=N)C=C5)cc3)O4)CCCC2)c1. The Hall–Kier alpha value is -7.39. The van der Waals surface area contributed by atoms with Crippen molar-refractivity contribution in [2.45, 2.75) is 99.1 Å². The Kier molecular flexibility index (Phi) is 13.0. The lowest BCUT2D eigenvalue weighted by molar-refractivity contribution is -0.338. The van der Waals surface area contributed by atoms with E-state index in [0.29, 0.717) is 48.8 Å². The van der Waals surface area contributed by atoms with Crippen LogP contribution < -0.4 is 18.9 Å². The zero-order valence-corrected chi connectivity index (χ0v) is 39.4. The maximum Gasteiger partial charge on any atom is 0.336 e. The highest BCUT2D eigenvalue weighted by atomic mass is 16.7. The van der Waals surface area contributed by atoms with Crippen LogP contribution in [0.1, 0.15) is 66.5 Å². The van der Waals surface area contributed by atoms with E-state index in [1.165, 1.54) is 36.7 Å². The summed E-state index contributed by atoms with van der Waals surface area (Å²) in [7, 11) is 0. The van der Waals surface area contributed by atoms with E-state index < -0.39 is 83.6 Å². The summed E-state index contributed by atoms with van der Waals surface area (Å²) in [6.45, 7) is 1.33. The molecule has 6 aliphatic rings. The number of nitrogens with one attached hydrogen (secondary N) is 1. The fourth-order valence-corrected chi connectivity index (χ4v) is 10.8. The van der Waals surface area contributed by atoms with Crippen LogP contribution in [0.25, 0.3) is 5.76 Å². The number of carbonyl (C=O) groups is 1. The number of amidine groups is 1. The van der Waals surface area contributed by atoms with Crippen molar-refractivity contribution >= 4 is 35.3 Å². The summed E-state index contributed by atoms with van der Waals surface area (Å²) in [5.41, 5.74) is -3.57. The summed E-state index contributed by atoms with van der Waals surface area (Å²) in [6, 6.07) is 21.7. The Balaban J connectivity index is 1.06. The number of aryl methyl sites for hydroxylation is 1. The minimum absolute atomic E-state index is 0.0118. The average molecular weight is 999 g/mol. The number of ether oxygens (including phenoxy) is 5. The fourth-order valence-electron chi connectivity index (χ4n) is 10.8. The molecule has 4 aromatic rings. The smallest absolute Gasteiger partial charge is 0.336 e. The number of carboxylic acid groups (broad SMARTS) is 1. The van der Waals surface area contributed by atoms with Crippen molar-refractivity contribution in [2.75, 3.05) is 13.2 Å². The van der Waals surface area contributed by atoms with E-state index >= 15 is 0 Å². The predicted molar refractivity (Wildman–Crippen MR) is 264 cm³/mol. The molecule has 10 rings (SSSR count). The van der Waals surface area contributed by atoms with Crippen LogP contribution in [-0.2, 0) is 28.0 Å². The van der Waals surface area contributed by atoms with Gasteiger partial charge in [0.15, 0.2) is 29.3 Å². The van der Waals surface area contributed by atoms with Crippen molar-refractivity contribution in [3.63, 3.8) is 0 Å². The van der Waals surface area contributed by atoms with Crippen LogP contribution in [-0.4, -0.2) is 131 Å². The molecule has 4 aliphatic heterocycles. The van der Waals surface area contributed by atoms with E-state index in [-0.39, 0.29) is 64.5 Å². The first-order valence-corrected chi connectivity index (χ1v) is 23.9. The third-order valence-electron chi connectivity index (χ3n) is 14.4. The van der Waals surface area contributed by atoms with Crippen LogP contribution in [0.5, 0.6) is 34.5 Å². The molecule has 380 valence electrons. The number of nitrogens with zero attached hydrogens (tertiary/aromatic N) is 3. The number of phenolic OH excluding ortho intramolecular Hbond substituents is 2. The van der Waals surface area contributed by atoms with Gasteiger partial charge >= 0.3 is 5.97 Å². The van der Waals surface area contributed by atoms with Crippen LogP contribution >= 0.6 is 0 Å². The molecule has 9 atom stereocenters. The van der Waals surface area contributed by atoms with Gasteiger partial charge < -0.3 is 69.6 Å². The summed E-state index contributed by atoms with van der Waals surface area (Å²) in [6.07, 6.45) is -0.609. The van der Waals surface area contributed by atoms with E-state index in [1.807, 2.05) is 31.2 Å². The third kappa shape index (κ3) is 8.80. The highest BCUT2D eigenvalue weighted by molar-refractivity contribution is 6.16. The van der Waals surface area contributed by atoms with Gasteiger partial charge in [0.1, 0.15) is 70.3 Å². The molecule has 2 fully saturated rings. The molecule has 9 unspecified atom stereocenters. The Bertz CT molecular complexity index is 3020. The van der Waals surface area contributed by atoms with Crippen molar-refractivity contribution in [3.8, 4) is 34.5 Å². The van der Waals surface area contributed by atoms with Gasteiger partial charge in [-0.3, -0.25) is 10.4 Å². The van der Waals surface area contributed by atoms with Crippen molar-refractivity contribution in [3.05, 3.63) is 137 Å². The number of carboxylic acids is 1. The molecule has 0 spiro atoms. The Morgan fingerprint density at radius 2 is 1.73 bits per heavy atom. The van der Waals surface area contributed by atoms with E-state index in [2.05, 4.69) is 15.0 Å². The number of rotatable bonds is 16. The van der Waals surface area contributed by atoms with E-state index in [4.69, 9.17) is 29.1 Å². The first kappa shape index (κ1) is 49.2. The van der Waals surface area contributed by atoms with Crippen LogP contribution in [0, 0.1) is 11.3 Å². The lowest BCUT2D eigenvalue weighted by Crippen LogP contribution is -2.79. The van der Waals surface area contributed by atoms with Gasteiger partial charge in [-0.05, 0) is 103 Å². The number of benzene rings is 4. The molecule has 2 aliphatic carbocycles. The number of aliphatic hydroxyl groups is 6.